The molecule has 1 fully saturated rings. The Hall–Kier alpha value is -1.70. The Labute approximate surface area is 136 Å². The van der Waals surface area contributed by atoms with Crippen molar-refractivity contribution in [1.82, 2.24) is 0 Å². The van der Waals surface area contributed by atoms with Crippen molar-refractivity contribution in [3.8, 4) is 0 Å². The number of aliphatic hydroxyl groups is 1. The van der Waals surface area contributed by atoms with Crippen molar-refractivity contribution in [2.24, 2.45) is 0 Å². The first-order valence-corrected chi connectivity index (χ1v) is 7.85. The lowest BCUT2D eigenvalue weighted by atomic mass is 10.0. The summed E-state index contributed by atoms with van der Waals surface area (Å²) in [5.41, 5.74) is 0.903. The van der Waals surface area contributed by atoms with Crippen LogP contribution in [0.15, 0.2) is 24.3 Å². The largest absolute Gasteiger partial charge is 0.390 e. The monoisotopic (exact) mass is 324 g/mol. The molecule has 0 spiro atoms. The van der Waals surface area contributed by atoms with E-state index in [0.29, 0.717) is 19.4 Å². The Morgan fingerprint density at radius 3 is 2.61 bits per heavy atom. The van der Waals surface area contributed by atoms with Crippen LogP contribution in [0, 0.1) is 10.1 Å². The van der Waals surface area contributed by atoms with E-state index in [-0.39, 0.29) is 17.9 Å². The van der Waals surface area contributed by atoms with Gasteiger partial charge in [0.1, 0.15) is 0 Å². The maximum Gasteiger partial charge on any atom is 0.269 e. The summed E-state index contributed by atoms with van der Waals surface area (Å²) in [7, 11) is 1.87. The zero-order valence-electron chi connectivity index (χ0n) is 13.7. The number of aliphatic hydroxyl groups excluding tert-OH is 1. The molecule has 4 atom stereocenters. The molecule has 0 bridgehead atoms. The van der Waals surface area contributed by atoms with Crippen molar-refractivity contribution in [1.29, 1.82) is 0 Å². The Morgan fingerprint density at radius 1 is 1.39 bits per heavy atom. The predicted octanol–water partition coefficient (Wildman–Crippen LogP) is 2.32. The predicted molar refractivity (Wildman–Crippen MR) is 86.5 cm³/mol. The maximum atomic E-state index is 10.7. The van der Waals surface area contributed by atoms with Crippen molar-refractivity contribution in [3.05, 3.63) is 34.4 Å². The lowest BCUT2D eigenvalue weighted by Gasteiger charge is -2.38. The molecule has 1 aliphatic heterocycles. The van der Waals surface area contributed by atoms with Crippen LogP contribution in [0.2, 0.25) is 0 Å². The van der Waals surface area contributed by atoms with Crippen molar-refractivity contribution in [3.63, 3.8) is 0 Å². The first kappa shape index (κ1) is 17.7. The van der Waals surface area contributed by atoms with Crippen LogP contribution in [0.5, 0.6) is 0 Å². The molecule has 1 heterocycles. The van der Waals surface area contributed by atoms with Gasteiger partial charge in [0.05, 0.1) is 29.8 Å². The van der Waals surface area contributed by atoms with E-state index in [1.54, 1.807) is 12.1 Å². The van der Waals surface area contributed by atoms with Crippen LogP contribution in [-0.4, -0.2) is 48.2 Å². The van der Waals surface area contributed by atoms with Gasteiger partial charge in [0, 0.05) is 31.3 Å². The molecule has 0 aromatic heterocycles. The third-order valence-electron chi connectivity index (χ3n) is 4.05. The van der Waals surface area contributed by atoms with E-state index in [0.717, 1.165) is 5.69 Å². The molecular formula is C16H24N2O5. The lowest BCUT2D eigenvalue weighted by molar-refractivity contribution is -0.384. The maximum absolute atomic E-state index is 10.7. The van der Waals surface area contributed by atoms with E-state index >= 15 is 0 Å². The standard InChI is InChI=1S/C16H24N2O5/c1-4-14(19)15-9-11(2)22-16(23-15)10-17(3)12-5-7-13(8-6-12)18(20)21/h5-8,11,14-16,19H,4,9-10H2,1-3H3. The molecule has 7 heteroatoms. The quantitative estimate of drug-likeness (QED) is 0.638. The van der Waals surface area contributed by atoms with Crippen molar-refractivity contribution >= 4 is 11.4 Å². The Bertz CT molecular complexity index is 522. The highest BCUT2D eigenvalue weighted by atomic mass is 16.7. The molecule has 0 saturated carbocycles. The lowest BCUT2D eigenvalue weighted by Crippen LogP contribution is -2.46. The molecule has 4 unspecified atom stereocenters. The van der Waals surface area contributed by atoms with Gasteiger partial charge in [0.2, 0.25) is 0 Å². The number of nitrogens with zero attached hydrogens (tertiary/aromatic N) is 2. The van der Waals surface area contributed by atoms with E-state index < -0.39 is 17.3 Å². The van der Waals surface area contributed by atoms with Crippen molar-refractivity contribution in [2.75, 3.05) is 18.5 Å². The van der Waals surface area contributed by atoms with Crippen molar-refractivity contribution in [2.45, 2.75) is 51.3 Å². The normalized spacial score (nSPS) is 25.8. The minimum absolute atomic E-state index is 0.0187. The average Bonchev–Trinajstić information content (AvgIpc) is 2.53. The van der Waals surface area contributed by atoms with Crippen LogP contribution >= 0.6 is 0 Å². The molecule has 1 aliphatic rings. The number of rotatable bonds is 6. The highest BCUT2D eigenvalue weighted by Crippen LogP contribution is 2.24. The van der Waals surface area contributed by atoms with Crippen LogP contribution in [-0.2, 0) is 9.47 Å². The number of benzene rings is 1. The van der Waals surface area contributed by atoms with E-state index in [2.05, 4.69) is 0 Å². The molecule has 7 nitrogen and oxygen atoms in total. The number of anilines is 1. The summed E-state index contributed by atoms with van der Waals surface area (Å²) in [5.74, 6) is 0. The number of hydrogen-bond donors (Lipinski definition) is 1. The smallest absolute Gasteiger partial charge is 0.269 e. The fraction of sp³-hybridized carbons (Fsp3) is 0.625. The molecule has 23 heavy (non-hydrogen) atoms. The first-order chi connectivity index (χ1) is 10.9. The Balaban J connectivity index is 1.98. The summed E-state index contributed by atoms with van der Waals surface area (Å²) in [6.07, 6.45) is 0.178. The van der Waals surface area contributed by atoms with Gasteiger partial charge in [-0.15, -0.1) is 0 Å². The second-order valence-corrected chi connectivity index (χ2v) is 5.92. The number of hydrogen-bond acceptors (Lipinski definition) is 6. The number of nitro benzene ring substituents is 1. The summed E-state index contributed by atoms with van der Waals surface area (Å²) in [6.45, 7) is 4.37. The molecule has 2 rings (SSSR count). The zero-order valence-corrected chi connectivity index (χ0v) is 13.7. The molecule has 1 aromatic carbocycles. The van der Waals surface area contributed by atoms with E-state index in [4.69, 9.17) is 9.47 Å². The molecular weight excluding hydrogens is 300 g/mol. The molecule has 1 saturated heterocycles. The highest BCUT2D eigenvalue weighted by molar-refractivity contribution is 5.50. The first-order valence-electron chi connectivity index (χ1n) is 7.85. The van der Waals surface area contributed by atoms with Gasteiger partial charge in [0.15, 0.2) is 6.29 Å². The van der Waals surface area contributed by atoms with Crippen LogP contribution in [0.4, 0.5) is 11.4 Å². The van der Waals surface area contributed by atoms with E-state index in [1.807, 2.05) is 25.8 Å². The summed E-state index contributed by atoms with van der Waals surface area (Å²) < 4.78 is 11.6. The van der Waals surface area contributed by atoms with Crippen LogP contribution < -0.4 is 4.90 Å². The van der Waals surface area contributed by atoms with Gasteiger partial charge in [0.25, 0.3) is 5.69 Å². The SMILES string of the molecule is CCC(O)C1CC(C)OC(CN(C)c2ccc([N+](=O)[O-])cc2)O1. The van der Waals surface area contributed by atoms with Gasteiger partial charge in [-0.05, 0) is 25.5 Å². The third-order valence-corrected chi connectivity index (χ3v) is 4.05. The third kappa shape index (κ3) is 4.63. The second-order valence-electron chi connectivity index (χ2n) is 5.92. The fourth-order valence-corrected chi connectivity index (χ4v) is 2.68. The minimum atomic E-state index is -0.492. The Morgan fingerprint density at radius 2 is 2.04 bits per heavy atom. The molecule has 0 radical (unpaired) electrons. The number of non-ortho nitro benzene ring substituents is 1. The number of nitro groups is 1. The average molecular weight is 324 g/mol. The second kappa shape index (κ2) is 7.72. The molecule has 1 aromatic rings. The summed E-state index contributed by atoms with van der Waals surface area (Å²) in [5, 5.41) is 20.7. The van der Waals surface area contributed by atoms with Crippen LogP contribution in [0.25, 0.3) is 0 Å². The molecule has 0 aliphatic carbocycles. The molecule has 128 valence electrons. The number of ether oxygens (including phenoxy) is 2. The van der Waals surface area contributed by atoms with Crippen LogP contribution in [0.1, 0.15) is 26.7 Å². The van der Waals surface area contributed by atoms with E-state index in [1.165, 1.54) is 12.1 Å². The molecule has 1 N–H and O–H groups in total. The number of likely N-dealkylation sites (N-methyl/N-ethyl adjacent to an activating group) is 1. The fourth-order valence-electron chi connectivity index (χ4n) is 2.68. The van der Waals surface area contributed by atoms with Gasteiger partial charge < -0.3 is 19.5 Å². The molecule has 0 amide bonds. The van der Waals surface area contributed by atoms with Crippen LogP contribution in [0.3, 0.4) is 0 Å². The van der Waals surface area contributed by atoms with Gasteiger partial charge in [-0.25, -0.2) is 0 Å². The zero-order chi connectivity index (χ0) is 17.0. The van der Waals surface area contributed by atoms with Gasteiger partial charge >= 0.3 is 0 Å². The minimum Gasteiger partial charge on any atom is -0.390 e. The highest BCUT2D eigenvalue weighted by Gasteiger charge is 2.32. The summed E-state index contributed by atoms with van der Waals surface area (Å²) in [4.78, 5) is 12.2. The topological polar surface area (TPSA) is 85.1 Å². The van der Waals surface area contributed by atoms with Crippen molar-refractivity contribution < 1.29 is 19.5 Å². The van der Waals surface area contributed by atoms with Gasteiger partial charge in [-0.3, -0.25) is 10.1 Å². The summed E-state index contributed by atoms with van der Waals surface area (Å²) >= 11 is 0. The Kier molecular flexibility index (Phi) is 5.92. The van der Waals surface area contributed by atoms with Gasteiger partial charge in [-0.1, -0.05) is 6.92 Å². The van der Waals surface area contributed by atoms with Gasteiger partial charge in [-0.2, -0.15) is 0 Å². The van der Waals surface area contributed by atoms with E-state index in [9.17, 15) is 15.2 Å². The summed E-state index contributed by atoms with van der Waals surface area (Å²) in [6, 6.07) is 6.34.